The molecule has 4 rings (SSSR count). The molecule has 3 aromatic carbocycles. The molecule has 2 nitrogen and oxygen atoms in total. The molecule has 1 aromatic heterocycles. The summed E-state index contributed by atoms with van der Waals surface area (Å²) in [5, 5.41) is 3.05. The van der Waals surface area contributed by atoms with Crippen LogP contribution in [0.15, 0.2) is 80.4 Å². The minimum absolute atomic E-state index is 0.314. The fraction of sp³-hybridized carbons (Fsp3) is 0. The van der Waals surface area contributed by atoms with Crippen LogP contribution in [0.3, 0.4) is 0 Å². The second-order valence-electron chi connectivity index (χ2n) is 5.16. The summed E-state index contributed by atoms with van der Waals surface area (Å²) in [4.78, 5) is 12.4. The quantitative estimate of drug-likeness (QED) is 0.431. The van der Waals surface area contributed by atoms with E-state index in [0.29, 0.717) is 11.1 Å². The van der Waals surface area contributed by atoms with Crippen molar-refractivity contribution < 1.29 is 4.42 Å². The highest BCUT2D eigenvalue weighted by atomic mass is 79.9. The summed E-state index contributed by atoms with van der Waals surface area (Å²) in [6.07, 6.45) is 0. The Morgan fingerprint density at radius 3 is 2.50 bits per heavy atom. The second-order valence-corrected chi connectivity index (χ2v) is 6.07. The molecular formula is C19H11BrO2. The fourth-order valence-corrected chi connectivity index (χ4v) is 3.12. The molecule has 0 saturated carbocycles. The molecule has 0 aliphatic carbocycles. The molecule has 0 spiro atoms. The van der Waals surface area contributed by atoms with E-state index in [4.69, 9.17) is 4.42 Å². The highest BCUT2D eigenvalue weighted by Gasteiger charge is 2.10. The molecule has 3 heteroatoms. The largest absolute Gasteiger partial charge is 0.422 e. The Hall–Kier alpha value is -2.39. The Morgan fingerprint density at radius 2 is 1.59 bits per heavy atom. The standard InChI is InChI=1S/C19H11BrO2/c20-14-8-9-18-13(10-14)11-17(19(21)22-18)16-7-3-5-12-4-1-2-6-15(12)16/h1-11H. The maximum absolute atomic E-state index is 12.4. The average molecular weight is 351 g/mol. The Balaban J connectivity index is 2.08. The van der Waals surface area contributed by atoms with Gasteiger partial charge in [0.05, 0.1) is 5.56 Å². The molecule has 4 aromatic rings. The second kappa shape index (κ2) is 5.11. The van der Waals surface area contributed by atoms with Gasteiger partial charge in [-0.25, -0.2) is 4.79 Å². The third-order valence-electron chi connectivity index (χ3n) is 3.77. The van der Waals surface area contributed by atoms with Gasteiger partial charge in [-0.2, -0.15) is 0 Å². The minimum atomic E-state index is -0.314. The molecule has 22 heavy (non-hydrogen) atoms. The van der Waals surface area contributed by atoms with Crippen LogP contribution in [-0.2, 0) is 0 Å². The van der Waals surface area contributed by atoms with Gasteiger partial charge in [-0.15, -0.1) is 0 Å². The lowest BCUT2D eigenvalue weighted by Gasteiger charge is -2.07. The molecule has 0 aliphatic heterocycles. The molecule has 106 valence electrons. The van der Waals surface area contributed by atoms with E-state index in [9.17, 15) is 4.79 Å². The zero-order valence-electron chi connectivity index (χ0n) is 11.5. The maximum Gasteiger partial charge on any atom is 0.344 e. The van der Waals surface area contributed by atoms with Crippen molar-refractivity contribution in [2.75, 3.05) is 0 Å². The van der Waals surface area contributed by atoms with E-state index < -0.39 is 0 Å². The fourth-order valence-electron chi connectivity index (χ4n) is 2.74. The number of halogens is 1. The number of fused-ring (bicyclic) bond motifs is 2. The molecular weight excluding hydrogens is 340 g/mol. The van der Waals surface area contributed by atoms with Gasteiger partial charge in [-0.3, -0.25) is 0 Å². The molecule has 0 N–H and O–H groups in total. The first-order valence-corrected chi connectivity index (χ1v) is 7.73. The van der Waals surface area contributed by atoms with Gasteiger partial charge >= 0.3 is 5.63 Å². The van der Waals surface area contributed by atoms with Gasteiger partial charge in [0.15, 0.2) is 0 Å². The van der Waals surface area contributed by atoms with Gasteiger partial charge in [0.2, 0.25) is 0 Å². The van der Waals surface area contributed by atoms with Gasteiger partial charge in [-0.05, 0) is 40.6 Å². The van der Waals surface area contributed by atoms with Crippen molar-refractivity contribution in [2.45, 2.75) is 0 Å². The van der Waals surface area contributed by atoms with E-state index in [0.717, 1.165) is 26.2 Å². The number of hydrogen-bond acceptors (Lipinski definition) is 2. The SMILES string of the molecule is O=c1oc2ccc(Br)cc2cc1-c1cccc2ccccc12. The average Bonchev–Trinajstić information content (AvgIpc) is 2.54. The summed E-state index contributed by atoms with van der Waals surface area (Å²) in [5.41, 5.74) is 1.76. The van der Waals surface area contributed by atoms with Gasteiger partial charge in [0, 0.05) is 9.86 Å². The topological polar surface area (TPSA) is 30.2 Å². The van der Waals surface area contributed by atoms with Crippen molar-refractivity contribution in [3.63, 3.8) is 0 Å². The van der Waals surface area contributed by atoms with E-state index >= 15 is 0 Å². The summed E-state index contributed by atoms with van der Waals surface area (Å²) in [5.74, 6) is 0. The summed E-state index contributed by atoms with van der Waals surface area (Å²) in [6.45, 7) is 0. The first kappa shape index (κ1) is 13.3. The number of rotatable bonds is 1. The van der Waals surface area contributed by atoms with Crippen LogP contribution in [0.2, 0.25) is 0 Å². The normalized spacial score (nSPS) is 11.1. The molecule has 0 saturated heterocycles. The summed E-state index contributed by atoms with van der Waals surface area (Å²) in [6, 6.07) is 21.5. The van der Waals surface area contributed by atoms with E-state index in [2.05, 4.69) is 15.9 Å². The molecule has 0 atom stereocenters. The lowest BCUT2D eigenvalue weighted by atomic mass is 9.99. The zero-order valence-corrected chi connectivity index (χ0v) is 13.1. The molecule has 0 unspecified atom stereocenters. The third kappa shape index (κ3) is 2.14. The highest BCUT2D eigenvalue weighted by molar-refractivity contribution is 9.10. The van der Waals surface area contributed by atoms with Crippen LogP contribution in [0, 0.1) is 0 Å². The molecule has 0 aliphatic rings. The monoisotopic (exact) mass is 350 g/mol. The van der Waals surface area contributed by atoms with Crippen molar-refractivity contribution >= 4 is 37.7 Å². The predicted molar refractivity (Wildman–Crippen MR) is 93.1 cm³/mol. The molecule has 0 fully saturated rings. The van der Waals surface area contributed by atoms with Crippen molar-refractivity contribution in [3.05, 3.63) is 81.6 Å². The van der Waals surface area contributed by atoms with Gasteiger partial charge in [0.1, 0.15) is 5.58 Å². The zero-order chi connectivity index (χ0) is 15.1. The van der Waals surface area contributed by atoms with Gasteiger partial charge in [-0.1, -0.05) is 58.4 Å². The summed E-state index contributed by atoms with van der Waals surface area (Å²) < 4.78 is 6.43. The maximum atomic E-state index is 12.4. The highest BCUT2D eigenvalue weighted by Crippen LogP contribution is 2.29. The third-order valence-corrected chi connectivity index (χ3v) is 4.27. The van der Waals surface area contributed by atoms with Crippen molar-refractivity contribution in [2.24, 2.45) is 0 Å². The Bertz CT molecular complexity index is 1060. The van der Waals surface area contributed by atoms with E-state index in [1.807, 2.05) is 60.7 Å². The first-order chi connectivity index (χ1) is 10.7. The van der Waals surface area contributed by atoms with E-state index in [1.54, 1.807) is 6.07 Å². The van der Waals surface area contributed by atoms with E-state index in [-0.39, 0.29) is 5.63 Å². The predicted octanol–water partition coefficient (Wildman–Crippen LogP) is 5.38. The molecule has 0 amide bonds. The molecule has 0 radical (unpaired) electrons. The summed E-state index contributed by atoms with van der Waals surface area (Å²) >= 11 is 3.45. The van der Waals surface area contributed by atoms with Gasteiger partial charge < -0.3 is 4.42 Å². The number of hydrogen-bond donors (Lipinski definition) is 0. The van der Waals surface area contributed by atoms with E-state index in [1.165, 1.54) is 0 Å². The van der Waals surface area contributed by atoms with Crippen molar-refractivity contribution in [3.8, 4) is 11.1 Å². The van der Waals surface area contributed by atoms with Crippen LogP contribution in [0.4, 0.5) is 0 Å². The van der Waals surface area contributed by atoms with Crippen LogP contribution in [0.5, 0.6) is 0 Å². The van der Waals surface area contributed by atoms with Crippen LogP contribution in [0.1, 0.15) is 0 Å². The van der Waals surface area contributed by atoms with Crippen LogP contribution in [-0.4, -0.2) is 0 Å². The number of benzene rings is 3. The lowest BCUT2D eigenvalue weighted by molar-refractivity contribution is 0.563. The van der Waals surface area contributed by atoms with Crippen molar-refractivity contribution in [1.82, 2.24) is 0 Å². The van der Waals surface area contributed by atoms with Crippen LogP contribution in [0.25, 0.3) is 32.9 Å². The summed E-state index contributed by atoms with van der Waals surface area (Å²) in [7, 11) is 0. The smallest absolute Gasteiger partial charge is 0.344 e. The molecule has 1 heterocycles. The lowest BCUT2D eigenvalue weighted by Crippen LogP contribution is -2.03. The Morgan fingerprint density at radius 1 is 0.773 bits per heavy atom. The Kier molecular flexibility index (Phi) is 3.09. The first-order valence-electron chi connectivity index (χ1n) is 6.94. The Labute approximate surface area is 135 Å². The molecule has 0 bridgehead atoms. The van der Waals surface area contributed by atoms with Gasteiger partial charge in [0.25, 0.3) is 0 Å². The minimum Gasteiger partial charge on any atom is -0.422 e. The van der Waals surface area contributed by atoms with Crippen LogP contribution >= 0.6 is 15.9 Å². The van der Waals surface area contributed by atoms with Crippen LogP contribution < -0.4 is 5.63 Å². The van der Waals surface area contributed by atoms with Crippen molar-refractivity contribution in [1.29, 1.82) is 0 Å².